The van der Waals surface area contributed by atoms with Crippen LogP contribution in [-0.2, 0) is 4.79 Å². The normalized spacial score (nSPS) is 23.2. The third-order valence-corrected chi connectivity index (χ3v) is 6.57. The third kappa shape index (κ3) is 5.21. The van der Waals surface area contributed by atoms with Crippen LogP contribution in [0.25, 0.3) is 0 Å². The first-order valence-electron chi connectivity index (χ1n) is 10.4. The van der Waals surface area contributed by atoms with Crippen LogP contribution in [0.5, 0.6) is 0 Å². The molecule has 0 radical (unpaired) electrons. The molecule has 2 amide bonds. The number of amides is 2. The predicted molar refractivity (Wildman–Crippen MR) is 101 cm³/mol. The number of urea groups is 1. The van der Waals surface area contributed by atoms with Gasteiger partial charge in [-0.05, 0) is 49.9 Å². The molecular weight excluding hydrogens is 364 g/mol. The Labute approximate surface area is 165 Å². The summed E-state index contributed by atoms with van der Waals surface area (Å²) in [5.41, 5.74) is -0.307. The number of likely N-dealkylation sites (tertiary alicyclic amines) is 1. The summed E-state index contributed by atoms with van der Waals surface area (Å²) in [6, 6.07) is 0.454. The van der Waals surface area contributed by atoms with Crippen molar-refractivity contribution in [3.63, 3.8) is 0 Å². The molecule has 0 aromatic carbocycles. The molecular formula is C21H31F2N3O2. The van der Waals surface area contributed by atoms with Crippen molar-refractivity contribution in [1.29, 1.82) is 5.26 Å². The molecule has 2 saturated carbocycles. The third-order valence-electron chi connectivity index (χ3n) is 6.57. The van der Waals surface area contributed by atoms with E-state index in [1.165, 1.54) is 12.8 Å². The molecule has 0 unspecified atom stereocenters. The summed E-state index contributed by atoms with van der Waals surface area (Å²) < 4.78 is 28.9. The second-order valence-electron chi connectivity index (χ2n) is 9.68. The van der Waals surface area contributed by atoms with Gasteiger partial charge in [-0.2, -0.15) is 5.26 Å². The smallest absolute Gasteiger partial charge is 0.317 e. The molecule has 0 aromatic rings. The summed E-state index contributed by atoms with van der Waals surface area (Å²) in [5.74, 6) is -3.70. The number of nitriles is 1. The number of nitrogens with zero attached hydrogens (tertiary/aromatic N) is 2. The van der Waals surface area contributed by atoms with Crippen LogP contribution >= 0.6 is 0 Å². The second kappa shape index (κ2) is 7.61. The maximum Gasteiger partial charge on any atom is 0.317 e. The highest BCUT2D eigenvalue weighted by Crippen LogP contribution is 2.53. The maximum absolute atomic E-state index is 14.4. The van der Waals surface area contributed by atoms with Crippen molar-refractivity contribution < 1.29 is 18.4 Å². The first-order valence-corrected chi connectivity index (χ1v) is 10.4. The van der Waals surface area contributed by atoms with Crippen LogP contribution in [0.15, 0.2) is 0 Å². The fourth-order valence-corrected chi connectivity index (χ4v) is 4.26. The monoisotopic (exact) mass is 395 g/mol. The summed E-state index contributed by atoms with van der Waals surface area (Å²) in [6.07, 6.45) is 4.45. The molecule has 0 bridgehead atoms. The number of ketones is 1. The number of hydrogen-bond donors (Lipinski definition) is 1. The van der Waals surface area contributed by atoms with Gasteiger partial charge in [0.05, 0.1) is 17.5 Å². The minimum Gasteiger partial charge on any atom is -0.328 e. The number of Topliss-reactive ketones (excluding diaryl/α,β-unsaturated/α-hetero) is 1. The van der Waals surface area contributed by atoms with Gasteiger partial charge in [0.25, 0.3) is 5.92 Å². The molecule has 3 rings (SSSR count). The Bertz CT molecular complexity index is 653. The lowest BCUT2D eigenvalue weighted by Gasteiger charge is -2.34. The van der Waals surface area contributed by atoms with Crippen LogP contribution in [0.2, 0.25) is 0 Å². The molecule has 2 aliphatic carbocycles. The number of rotatable bonds is 8. The highest BCUT2D eigenvalue weighted by Gasteiger charge is 2.48. The molecule has 1 atom stereocenters. The molecule has 156 valence electrons. The molecule has 1 spiro atoms. The van der Waals surface area contributed by atoms with Gasteiger partial charge in [-0.15, -0.1) is 0 Å². The van der Waals surface area contributed by atoms with Crippen LogP contribution in [0.1, 0.15) is 71.6 Å². The Kier molecular flexibility index (Phi) is 5.71. The quantitative estimate of drug-likeness (QED) is 0.667. The van der Waals surface area contributed by atoms with Crippen LogP contribution in [-0.4, -0.2) is 41.8 Å². The molecule has 28 heavy (non-hydrogen) atoms. The average molecular weight is 395 g/mol. The van der Waals surface area contributed by atoms with Gasteiger partial charge in [0, 0.05) is 32.4 Å². The van der Waals surface area contributed by atoms with Crippen molar-refractivity contribution >= 4 is 11.8 Å². The van der Waals surface area contributed by atoms with Gasteiger partial charge < -0.3 is 10.2 Å². The van der Waals surface area contributed by atoms with Gasteiger partial charge >= 0.3 is 6.03 Å². The molecule has 3 aliphatic rings. The van der Waals surface area contributed by atoms with E-state index in [1.807, 2.05) is 0 Å². The zero-order valence-electron chi connectivity index (χ0n) is 16.9. The van der Waals surface area contributed by atoms with E-state index < -0.39 is 35.6 Å². The lowest BCUT2D eigenvalue weighted by atomic mass is 9.91. The summed E-state index contributed by atoms with van der Waals surface area (Å²) in [4.78, 5) is 27.0. The molecule has 1 heterocycles. The Morgan fingerprint density at radius 3 is 2.18 bits per heavy atom. The molecule has 5 nitrogen and oxygen atoms in total. The van der Waals surface area contributed by atoms with Crippen molar-refractivity contribution in [3.8, 4) is 6.07 Å². The molecule has 1 N–H and O–H groups in total. The van der Waals surface area contributed by atoms with Crippen molar-refractivity contribution in [1.82, 2.24) is 10.2 Å². The fraction of sp³-hybridized carbons (Fsp3) is 0.857. The largest absolute Gasteiger partial charge is 0.328 e. The Morgan fingerprint density at radius 1 is 1.11 bits per heavy atom. The molecule has 1 saturated heterocycles. The van der Waals surface area contributed by atoms with Gasteiger partial charge in [-0.25, -0.2) is 13.6 Å². The van der Waals surface area contributed by atoms with Crippen LogP contribution < -0.4 is 5.32 Å². The van der Waals surface area contributed by atoms with Crippen molar-refractivity contribution in [3.05, 3.63) is 0 Å². The Morgan fingerprint density at radius 2 is 1.71 bits per heavy atom. The van der Waals surface area contributed by atoms with Crippen LogP contribution in [0.3, 0.4) is 0 Å². The minimum absolute atomic E-state index is 0.0602. The summed E-state index contributed by atoms with van der Waals surface area (Å²) in [7, 11) is 0. The van der Waals surface area contributed by atoms with E-state index in [2.05, 4.69) is 11.4 Å². The first kappa shape index (κ1) is 21.0. The summed E-state index contributed by atoms with van der Waals surface area (Å²) in [6.45, 7) is 4.63. The van der Waals surface area contributed by atoms with E-state index in [0.29, 0.717) is 31.3 Å². The van der Waals surface area contributed by atoms with Crippen LogP contribution in [0.4, 0.5) is 13.6 Å². The van der Waals surface area contributed by atoms with Crippen molar-refractivity contribution in [2.24, 2.45) is 16.7 Å². The molecule has 0 aromatic heterocycles. The number of piperidine rings is 1. The SMILES string of the molecule is CC(C)CC(F)(F)C[C@H](NC(=O)N1CCC2(CC1)CC2)C(=O)CC1(C#N)CC1. The zero-order valence-corrected chi connectivity index (χ0v) is 16.9. The van der Waals surface area contributed by atoms with Crippen LogP contribution in [0, 0.1) is 28.1 Å². The first-order chi connectivity index (χ1) is 13.1. The Hall–Kier alpha value is -1.71. The van der Waals surface area contributed by atoms with Gasteiger partial charge in [-0.3, -0.25) is 4.79 Å². The lowest BCUT2D eigenvalue weighted by molar-refractivity contribution is -0.125. The fourth-order valence-electron chi connectivity index (χ4n) is 4.26. The van der Waals surface area contributed by atoms with E-state index in [-0.39, 0.29) is 18.8 Å². The number of hydrogen-bond acceptors (Lipinski definition) is 3. The number of carbonyl (C=O) groups excluding carboxylic acids is 2. The van der Waals surface area contributed by atoms with Gasteiger partial charge in [-0.1, -0.05) is 13.8 Å². The second-order valence-corrected chi connectivity index (χ2v) is 9.68. The highest BCUT2D eigenvalue weighted by molar-refractivity contribution is 5.89. The van der Waals surface area contributed by atoms with Gasteiger partial charge in [0.15, 0.2) is 5.78 Å². The number of nitrogens with one attached hydrogen (secondary N) is 1. The van der Waals surface area contributed by atoms with E-state index in [4.69, 9.17) is 0 Å². The molecule has 3 fully saturated rings. The average Bonchev–Trinajstić information content (AvgIpc) is 3.52. The standard InChI is InChI=1S/C21H31F2N3O2/c1-15(2)11-21(22,23)12-16(17(27)13-20(14-24)5-6-20)25-18(28)26-9-7-19(3-4-19)8-10-26/h15-16H,3-13H2,1-2H3,(H,25,28)/t16-/m0/s1. The lowest BCUT2D eigenvalue weighted by Crippen LogP contribution is -2.52. The summed E-state index contributed by atoms with van der Waals surface area (Å²) in [5, 5.41) is 11.8. The minimum atomic E-state index is -3.04. The van der Waals surface area contributed by atoms with Crippen molar-refractivity contribution in [2.45, 2.75) is 83.6 Å². The molecule has 1 aliphatic heterocycles. The van der Waals surface area contributed by atoms with Gasteiger partial charge in [0.2, 0.25) is 0 Å². The molecule has 7 heteroatoms. The van der Waals surface area contributed by atoms with E-state index in [0.717, 1.165) is 12.8 Å². The number of carbonyl (C=O) groups is 2. The predicted octanol–water partition coefficient (Wildman–Crippen LogP) is 4.28. The maximum atomic E-state index is 14.4. The highest BCUT2D eigenvalue weighted by atomic mass is 19.3. The Balaban J connectivity index is 1.63. The number of halogens is 2. The van der Waals surface area contributed by atoms with Crippen molar-refractivity contribution in [2.75, 3.05) is 13.1 Å². The zero-order chi connectivity index (χ0) is 20.6. The van der Waals surface area contributed by atoms with E-state index in [1.54, 1.807) is 18.7 Å². The summed E-state index contributed by atoms with van der Waals surface area (Å²) >= 11 is 0. The van der Waals surface area contributed by atoms with E-state index >= 15 is 0 Å². The number of alkyl halides is 2. The topological polar surface area (TPSA) is 73.2 Å². The van der Waals surface area contributed by atoms with Gasteiger partial charge in [0.1, 0.15) is 0 Å². The van der Waals surface area contributed by atoms with E-state index in [9.17, 15) is 23.6 Å².